The van der Waals surface area contributed by atoms with Crippen molar-refractivity contribution in [1.29, 1.82) is 0 Å². The van der Waals surface area contributed by atoms with Crippen molar-refractivity contribution < 1.29 is 53.7 Å². The van der Waals surface area contributed by atoms with Gasteiger partial charge in [0.2, 0.25) is 0 Å². The lowest BCUT2D eigenvalue weighted by atomic mass is 9.35. The third kappa shape index (κ3) is 3.88. The Labute approximate surface area is 186 Å². The van der Waals surface area contributed by atoms with Crippen LogP contribution >= 0.6 is 0 Å². The van der Waals surface area contributed by atoms with Crippen molar-refractivity contribution in [2.45, 2.75) is 0 Å². The summed E-state index contributed by atoms with van der Waals surface area (Å²) in [5, 5.41) is 0. The zero-order chi connectivity index (χ0) is 25.5. The van der Waals surface area contributed by atoms with E-state index in [1.54, 1.807) is 0 Å². The van der Waals surface area contributed by atoms with Gasteiger partial charge in [-0.25, -0.2) is 39.5 Å². The smallest absolute Gasteiger partial charge is 0.266 e. The zero-order valence-corrected chi connectivity index (χ0v) is 17.4. The normalized spacial score (nSPS) is 10.9. The Morgan fingerprint density at radius 3 is 1.18 bits per heavy atom. The molecule has 0 heterocycles. The van der Waals surface area contributed by atoms with Crippen LogP contribution in [0.3, 0.4) is 0 Å². The third-order valence-corrected chi connectivity index (χ3v) is 4.96. The van der Waals surface area contributed by atoms with Crippen LogP contribution in [0.15, 0.2) is 18.2 Å². The first-order chi connectivity index (χ1) is 16.0. The lowest BCUT2D eigenvalue weighted by Gasteiger charge is -2.23. The van der Waals surface area contributed by atoms with E-state index in [0.717, 1.165) is 21.3 Å². The van der Waals surface area contributed by atoms with E-state index < -0.39 is 92.7 Å². The Morgan fingerprint density at radius 1 is 0.441 bits per heavy atom. The highest BCUT2D eigenvalue weighted by Gasteiger charge is 2.42. The minimum absolute atomic E-state index is 0.0203. The van der Waals surface area contributed by atoms with Crippen LogP contribution in [-0.2, 0) is 0 Å². The first kappa shape index (κ1) is 25.1. The van der Waals surface area contributed by atoms with E-state index in [1.165, 1.54) is 0 Å². The minimum Gasteiger partial charge on any atom is -0.494 e. The van der Waals surface area contributed by atoms with Gasteiger partial charge in [0.1, 0.15) is 5.82 Å². The fraction of sp³-hybridized carbons (Fsp3) is 0.143. The molecule has 13 heteroatoms. The monoisotopic (exact) mass is 494 g/mol. The van der Waals surface area contributed by atoms with Crippen LogP contribution in [0.1, 0.15) is 0 Å². The Balaban J connectivity index is 2.65. The lowest BCUT2D eigenvalue weighted by Crippen LogP contribution is -2.58. The predicted molar refractivity (Wildman–Crippen MR) is 103 cm³/mol. The quantitative estimate of drug-likeness (QED) is 0.299. The molecule has 3 nitrogen and oxygen atoms in total. The topological polar surface area (TPSA) is 27.7 Å². The van der Waals surface area contributed by atoms with E-state index in [-0.39, 0.29) is 18.2 Å². The third-order valence-electron chi connectivity index (χ3n) is 4.96. The molecular weight excluding hydrogens is 482 g/mol. The van der Waals surface area contributed by atoms with Crippen molar-refractivity contribution >= 4 is 23.1 Å². The van der Waals surface area contributed by atoms with Crippen LogP contribution in [0.25, 0.3) is 0 Å². The van der Waals surface area contributed by atoms with Gasteiger partial charge in [-0.15, -0.1) is 0 Å². The van der Waals surface area contributed by atoms with Crippen LogP contribution < -0.4 is 30.6 Å². The average Bonchev–Trinajstić information content (AvgIpc) is 2.76. The SMILES string of the molecule is COc1c(F)cc(F)c(B(c2c(F)c(F)cc(F)c2OC)c2c(F)c(F)cc(F)c2OC)c1F. The maximum Gasteiger partial charge on any atom is 0.266 e. The molecule has 3 aromatic carbocycles. The molecule has 0 radical (unpaired) electrons. The molecule has 0 bridgehead atoms. The van der Waals surface area contributed by atoms with Crippen molar-refractivity contribution in [2.75, 3.05) is 21.3 Å². The predicted octanol–water partition coefficient (Wildman–Crippen LogP) is 3.48. The molecule has 0 N–H and O–H groups in total. The number of benzene rings is 3. The number of ether oxygens (including phenoxy) is 3. The summed E-state index contributed by atoms with van der Waals surface area (Å²) in [4.78, 5) is 0. The maximum absolute atomic E-state index is 15.2. The van der Waals surface area contributed by atoms with Gasteiger partial charge >= 0.3 is 0 Å². The van der Waals surface area contributed by atoms with Gasteiger partial charge in [-0.3, -0.25) is 0 Å². The summed E-state index contributed by atoms with van der Waals surface area (Å²) in [6.07, 6.45) is 0. The molecule has 0 amide bonds. The van der Waals surface area contributed by atoms with Gasteiger partial charge < -0.3 is 14.2 Å². The maximum atomic E-state index is 15.2. The fourth-order valence-corrected chi connectivity index (χ4v) is 3.60. The van der Waals surface area contributed by atoms with E-state index in [2.05, 4.69) is 14.2 Å². The van der Waals surface area contributed by atoms with E-state index in [9.17, 15) is 26.3 Å². The first-order valence-electron chi connectivity index (χ1n) is 9.14. The molecule has 0 fully saturated rings. The van der Waals surface area contributed by atoms with Gasteiger partial charge in [0, 0.05) is 34.6 Å². The van der Waals surface area contributed by atoms with Gasteiger partial charge in [0.15, 0.2) is 63.8 Å². The first-order valence-corrected chi connectivity index (χ1v) is 9.14. The van der Waals surface area contributed by atoms with Crippen molar-refractivity contribution in [2.24, 2.45) is 0 Å². The van der Waals surface area contributed by atoms with Crippen molar-refractivity contribution in [3.05, 3.63) is 70.6 Å². The minimum atomic E-state index is -2.70. The van der Waals surface area contributed by atoms with Gasteiger partial charge in [-0.2, -0.15) is 0 Å². The van der Waals surface area contributed by atoms with Gasteiger partial charge in [0.25, 0.3) is 6.71 Å². The highest BCUT2D eigenvalue weighted by atomic mass is 19.2. The molecule has 0 saturated heterocycles. The molecule has 0 aliphatic rings. The van der Waals surface area contributed by atoms with Crippen molar-refractivity contribution in [1.82, 2.24) is 0 Å². The van der Waals surface area contributed by atoms with Crippen LogP contribution in [0.2, 0.25) is 0 Å². The summed E-state index contributed by atoms with van der Waals surface area (Å²) in [6, 6.07) is 0.0865. The molecular formula is C21H12BF9O3. The van der Waals surface area contributed by atoms with E-state index >= 15 is 13.2 Å². The molecule has 0 atom stereocenters. The molecule has 0 aliphatic carbocycles. The summed E-state index contributed by atoms with van der Waals surface area (Å²) in [5.74, 6) is -20.0. The Hall–Kier alpha value is -3.51. The molecule has 34 heavy (non-hydrogen) atoms. The molecule has 0 saturated carbocycles. The Morgan fingerprint density at radius 2 is 0.794 bits per heavy atom. The van der Waals surface area contributed by atoms with Crippen LogP contribution in [0, 0.1) is 52.4 Å². The molecule has 3 aromatic rings. The summed E-state index contributed by atoms with van der Waals surface area (Å²) in [6.45, 7) is -2.70. The van der Waals surface area contributed by atoms with E-state index in [4.69, 9.17) is 0 Å². The average molecular weight is 494 g/mol. The van der Waals surface area contributed by atoms with Gasteiger partial charge in [0.05, 0.1) is 21.3 Å². The van der Waals surface area contributed by atoms with Gasteiger partial charge in [-0.05, 0) is 0 Å². The van der Waals surface area contributed by atoms with Crippen LogP contribution in [-0.4, -0.2) is 28.0 Å². The number of halogens is 9. The molecule has 0 unspecified atom stereocenters. The second-order valence-electron chi connectivity index (χ2n) is 6.74. The number of rotatable bonds is 6. The fourth-order valence-electron chi connectivity index (χ4n) is 3.60. The summed E-state index contributed by atoms with van der Waals surface area (Å²) in [5.41, 5.74) is -4.26. The number of hydrogen-bond donors (Lipinski definition) is 0. The standard InChI is InChI=1S/C21H12BF9O3/c1-32-19-10(26)5-8(24)16(29)14(19)22(13-7(23)4-12(28)21(34-3)18(13)31)15-17(30)9(25)6-11(27)20(15)33-2/h4-6H,1-3H3. The second kappa shape index (κ2) is 9.39. The molecule has 0 spiro atoms. The molecule has 0 aliphatic heterocycles. The summed E-state index contributed by atoms with van der Waals surface area (Å²) < 4.78 is 145. The Kier molecular flexibility index (Phi) is 6.94. The van der Waals surface area contributed by atoms with Crippen molar-refractivity contribution in [3.8, 4) is 17.2 Å². The Bertz CT molecular complexity index is 1220. The zero-order valence-electron chi connectivity index (χ0n) is 17.4. The highest BCUT2D eigenvalue weighted by molar-refractivity contribution is 6.96. The van der Waals surface area contributed by atoms with Gasteiger partial charge in [-0.1, -0.05) is 0 Å². The number of methoxy groups -OCH3 is 3. The van der Waals surface area contributed by atoms with E-state index in [1.807, 2.05) is 0 Å². The highest BCUT2D eigenvalue weighted by Crippen LogP contribution is 2.27. The molecule has 3 rings (SSSR count). The van der Waals surface area contributed by atoms with Crippen molar-refractivity contribution in [3.63, 3.8) is 0 Å². The summed E-state index contributed by atoms with van der Waals surface area (Å²) >= 11 is 0. The summed E-state index contributed by atoms with van der Waals surface area (Å²) in [7, 11) is 2.28. The lowest BCUT2D eigenvalue weighted by molar-refractivity contribution is 0.358. The molecule has 180 valence electrons. The van der Waals surface area contributed by atoms with Crippen LogP contribution in [0.4, 0.5) is 39.5 Å². The largest absolute Gasteiger partial charge is 0.494 e. The molecule has 0 aromatic heterocycles. The second-order valence-corrected chi connectivity index (χ2v) is 6.74. The number of hydrogen-bond acceptors (Lipinski definition) is 3. The van der Waals surface area contributed by atoms with E-state index in [0.29, 0.717) is 0 Å². The van der Waals surface area contributed by atoms with Crippen LogP contribution in [0.5, 0.6) is 17.2 Å².